The molecule has 0 aliphatic rings. The van der Waals surface area contributed by atoms with Gasteiger partial charge in [-0.2, -0.15) is 0 Å². The molecule has 0 aliphatic heterocycles. The van der Waals surface area contributed by atoms with Gasteiger partial charge in [-0.3, -0.25) is 19.7 Å². The largest absolute Gasteiger partial charge is 0.348 e. The van der Waals surface area contributed by atoms with E-state index in [-0.39, 0.29) is 29.7 Å². The highest BCUT2D eigenvalue weighted by molar-refractivity contribution is 5.97. The molecule has 2 aromatic rings. The Labute approximate surface area is 151 Å². The third-order valence-corrected chi connectivity index (χ3v) is 3.95. The number of aryl methyl sites for hydroxylation is 1. The van der Waals surface area contributed by atoms with Crippen molar-refractivity contribution in [2.45, 2.75) is 26.3 Å². The van der Waals surface area contributed by atoms with Gasteiger partial charge in [-0.1, -0.05) is 42.8 Å². The van der Waals surface area contributed by atoms with Crippen molar-refractivity contribution in [3.63, 3.8) is 0 Å². The Hall–Kier alpha value is -3.22. The second-order valence-corrected chi connectivity index (χ2v) is 5.93. The van der Waals surface area contributed by atoms with Crippen LogP contribution in [0.25, 0.3) is 0 Å². The summed E-state index contributed by atoms with van der Waals surface area (Å²) < 4.78 is 0. The predicted octanol–water partition coefficient (Wildman–Crippen LogP) is 2.90. The molecule has 2 rings (SSSR count). The number of nitrogens with zero attached hydrogens (tertiary/aromatic N) is 1. The second kappa shape index (κ2) is 8.75. The van der Waals surface area contributed by atoms with E-state index in [2.05, 4.69) is 10.6 Å². The molecule has 0 fully saturated rings. The summed E-state index contributed by atoms with van der Waals surface area (Å²) in [5.41, 5.74) is 2.10. The second-order valence-electron chi connectivity index (χ2n) is 5.93. The van der Waals surface area contributed by atoms with Crippen molar-refractivity contribution in [1.82, 2.24) is 10.6 Å². The van der Waals surface area contributed by atoms with E-state index < -0.39 is 10.8 Å². The number of nitro groups is 1. The molecular formula is C19H21N3O4. The first-order chi connectivity index (χ1) is 12.4. The SMILES string of the molecule is CC[C@@H](NC(=O)CNC(=O)c1cccc([N+](=O)[O-])c1)c1ccc(C)cc1. The van der Waals surface area contributed by atoms with E-state index in [1.165, 1.54) is 24.3 Å². The van der Waals surface area contributed by atoms with Crippen molar-refractivity contribution < 1.29 is 14.5 Å². The molecule has 2 aromatic carbocycles. The number of hydrogen-bond donors (Lipinski definition) is 2. The maximum Gasteiger partial charge on any atom is 0.270 e. The van der Waals surface area contributed by atoms with E-state index in [0.29, 0.717) is 6.42 Å². The van der Waals surface area contributed by atoms with E-state index in [4.69, 9.17) is 0 Å². The number of nitrogens with one attached hydrogen (secondary N) is 2. The van der Waals surface area contributed by atoms with Gasteiger partial charge in [-0.25, -0.2) is 0 Å². The number of nitro benzene ring substituents is 1. The van der Waals surface area contributed by atoms with Gasteiger partial charge in [0.1, 0.15) is 0 Å². The van der Waals surface area contributed by atoms with Gasteiger partial charge < -0.3 is 10.6 Å². The van der Waals surface area contributed by atoms with Gasteiger partial charge in [0.25, 0.3) is 11.6 Å². The van der Waals surface area contributed by atoms with Crippen LogP contribution in [-0.4, -0.2) is 23.3 Å². The molecule has 0 unspecified atom stereocenters. The maximum atomic E-state index is 12.1. The highest BCUT2D eigenvalue weighted by Crippen LogP contribution is 2.17. The summed E-state index contributed by atoms with van der Waals surface area (Å²) in [7, 11) is 0. The van der Waals surface area contributed by atoms with Crippen molar-refractivity contribution in [2.24, 2.45) is 0 Å². The third kappa shape index (κ3) is 5.14. The van der Waals surface area contributed by atoms with Gasteiger partial charge in [-0.05, 0) is 25.0 Å². The highest BCUT2D eigenvalue weighted by atomic mass is 16.6. The zero-order chi connectivity index (χ0) is 19.1. The molecular weight excluding hydrogens is 334 g/mol. The van der Waals surface area contributed by atoms with Gasteiger partial charge >= 0.3 is 0 Å². The molecule has 2 amide bonds. The van der Waals surface area contributed by atoms with E-state index in [1.54, 1.807) is 0 Å². The molecule has 0 heterocycles. The van der Waals surface area contributed by atoms with Gasteiger partial charge in [0, 0.05) is 17.7 Å². The summed E-state index contributed by atoms with van der Waals surface area (Å²) in [5.74, 6) is -0.858. The van der Waals surface area contributed by atoms with Crippen LogP contribution >= 0.6 is 0 Å². The van der Waals surface area contributed by atoms with Crippen LogP contribution in [0.1, 0.15) is 40.9 Å². The summed E-state index contributed by atoms with van der Waals surface area (Å²) in [6.45, 7) is 3.75. The molecule has 7 nitrogen and oxygen atoms in total. The van der Waals surface area contributed by atoms with Crippen LogP contribution in [0, 0.1) is 17.0 Å². The van der Waals surface area contributed by atoms with Crippen molar-refractivity contribution in [2.75, 3.05) is 6.54 Å². The first-order valence-corrected chi connectivity index (χ1v) is 8.29. The molecule has 7 heteroatoms. The van der Waals surface area contributed by atoms with Gasteiger partial charge in [-0.15, -0.1) is 0 Å². The molecule has 0 aliphatic carbocycles. The lowest BCUT2D eigenvalue weighted by molar-refractivity contribution is -0.384. The van der Waals surface area contributed by atoms with Crippen LogP contribution in [-0.2, 0) is 4.79 Å². The minimum atomic E-state index is -0.573. The number of rotatable bonds is 7. The molecule has 0 radical (unpaired) electrons. The normalized spacial score (nSPS) is 11.5. The van der Waals surface area contributed by atoms with Gasteiger partial charge in [0.05, 0.1) is 17.5 Å². The molecule has 136 valence electrons. The van der Waals surface area contributed by atoms with E-state index in [0.717, 1.165) is 11.1 Å². The molecule has 1 atom stereocenters. The summed E-state index contributed by atoms with van der Waals surface area (Å²) in [6, 6.07) is 13.1. The Morgan fingerprint density at radius 3 is 2.46 bits per heavy atom. The van der Waals surface area contributed by atoms with Crippen LogP contribution in [0.15, 0.2) is 48.5 Å². The number of amides is 2. The Morgan fingerprint density at radius 2 is 1.85 bits per heavy atom. The molecule has 2 N–H and O–H groups in total. The fourth-order valence-electron chi connectivity index (χ4n) is 2.49. The Balaban J connectivity index is 1.93. The monoisotopic (exact) mass is 355 g/mol. The summed E-state index contributed by atoms with van der Waals surface area (Å²) >= 11 is 0. The highest BCUT2D eigenvalue weighted by Gasteiger charge is 2.15. The lowest BCUT2D eigenvalue weighted by Gasteiger charge is -2.18. The third-order valence-electron chi connectivity index (χ3n) is 3.95. The fourth-order valence-corrected chi connectivity index (χ4v) is 2.49. The number of carbonyl (C=O) groups is 2. The van der Waals surface area contributed by atoms with Gasteiger partial charge in [0.2, 0.25) is 5.91 Å². The first kappa shape index (κ1) is 19.1. The summed E-state index contributed by atoms with van der Waals surface area (Å²) in [5, 5.41) is 16.1. The summed E-state index contributed by atoms with van der Waals surface area (Å²) in [4.78, 5) is 34.4. The zero-order valence-electron chi connectivity index (χ0n) is 14.7. The van der Waals surface area contributed by atoms with Crippen molar-refractivity contribution >= 4 is 17.5 Å². The van der Waals surface area contributed by atoms with Crippen LogP contribution in [0.2, 0.25) is 0 Å². The molecule has 0 bridgehead atoms. The summed E-state index contributed by atoms with van der Waals surface area (Å²) in [6.07, 6.45) is 0.716. The minimum Gasteiger partial charge on any atom is -0.348 e. The Morgan fingerprint density at radius 1 is 1.15 bits per heavy atom. The van der Waals surface area contributed by atoms with E-state index >= 15 is 0 Å². The van der Waals surface area contributed by atoms with Crippen molar-refractivity contribution in [1.29, 1.82) is 0 Å². The number of carbonyl (C=O) groups excluding carboxylic acids is 2. The van der Waals surface area contributed by atoms with E-state index in [1.807, 2.05) is 38.1 Å². The average Bonchev–Trinajstić information content (AvgIpc) is 2.65. The molecule has 26 heavy (non-hydrogen) atoms. The Bertz CT molecular complexity index is 803. The topological polar surface area (TPSA) is 101 Å². The fraction of sp³-hybridized carbons (Fsp3) is 0.263. The van der Waals surface area contributed by atoms with Crippen LogP contribution < -0.4 is 10.6 Å². The number of non-ortho nitro benzene ring substituents is 1. The molecule has 0 aromatic heterocycles. The molecule has 0 saturated heterocycles. The number of hydrogen-bond acceptors (Lipinski definition) is 4. The number of benzene rings is 2. The first-order valence-electron chi connectivity index (χ1n) is 8.29. The predicted molar refractivity (Wildman–Crippen MR) is 97.8 cm³/mol. The smallest absolute Gasteiger partial charge is 0.270 e. The lowest BCUT2D eigenvalue weighted by Crippen LogP contribution is -2.38. The average molecular weight is 355 g/mol. The van der Waals surface area contributed by atoms with E-state index in [9.17, 15) is 19.7 Å². The zero-order valence-corrected chi connectivity index (χ0v) is 14.7. The minimum absolute atomic E-state index is 0.137. The standard InChI is InChI=1S/C19H21N3O4/c1-3-17(14-9-7-13(2)8-10-14)21-18(23)12-20-19(24)15-5-4-6-16(11-15)22(25)26/h4-11,17H,3,12H2,1-2H3,(H,20,24)(H,21,23)/t17-/m1/s1. The Kier molecular flexibility index (Phi) is 6.43. The van der Waals surface area contributed by atoms with Crippen LogP contribution in [0.3, 0.4) is 0 Å². The van der Waals surface area contributed by atoms with Crippen molar-refractivity contribution in [3.8, 4) is 0 Å². The maximum absolute atomic E-state index is 12.1. The quantitative estimate of drug-likeness (QED) is 0.589. The molecule has 0 spiro atoms. The van der Waals surface area contributed by atoms with Crippen molar-refractivity contribution in [3.05, 3.63) is 75.3 Å². The lowest BCUT2D eigenvalue weighted by atomic mass is 10.0. The van der Waals surface area contributed by atoms with Gasteiger partial charge in [0.15, 0.2) is 0 Å². The van der Waals surface area contributed by atoms with Crippen LogP contribution in [0.5, 0.6) is 0 Å². The molecule has 0 saturated carbocycles. The van der Waals surface area contributed by atoms with Crippen LogP contribution in [0.4, 0.5) is 5.69 Å².